The molecule has 0 aromatic heterocycles. The summed E-state index contributed by atoms with van der Waals surface area (Å²) in [5, 5.41) is 9.94. The van der Waals surface area contributed by atoms with Crippen LogP contribution in [0.5, 0.6) is 0 Å². The van der Waals surface area contributed by atoms with Crippen molar-refractivity contribution in [3.63, 3.8) is 0 Å². The Hall–Kier alpha value is -0.670. The number of ketones is 1. The van der Waals surface area contributed by atoms with Crippen molar-refractivity contribution in [1.29, 1.82) is 0 Å². The summed E-state index contributed by atoms with van der Waals surface area (Å²) in [6.07, 6.45) is 2.57. The van der Waals surface area contributed by atoms with Gasteiger partial charge in [-0.25, -0.2) is 0 Å². The molecule has 0 spiro atoms. The van der Waals surface area contributed by atoms with Gasteiger partial charge in [-0.1, -0.05) is 13.5 Å². The number of carbonyl (C=O) groups is 1. The summed E-state index contributed by atoms with van der Waals surface area (Å²) in [7, 11) is 0. The summed E-state index contributed by atoms with van der Waals surface area (Å²) >= 11 is 0. The average molecular weight is 198 g/mol. The standard InChI is InChI=1S/C11H18O3/c1-4-9(12)10(3,13)6-11(5-2)7-14-8-11/h4,13H,1,5-8H2,2-3H3. The van der Waals surface area contributed by atoms with Crippen LogP contribution in [0.15, 0.2) is 12.7 Å². The Labute approximate surface area is 84.8 Å². The fourth-order valence-electron chi connectivity index (χ4n) is 1.86. The maximum Gasteiger partial charge on any atom is 0.186 e. The molecule has 14 heavy (non-hydrogen) atoms. The van der Waals surface area contributed by atoms with E-state index in [0.717, 1.165) is 6.42 Å². The first kappa shape index (κ1) is 11.4. The van der Waals surface area contributed by atoms with Crippen LogP contribution in [0.25, 0.3) is 0 Å². The van der Waals surface area contributed by atoms with Gasteiger partial charge in [0.2, 0.25) is 0 Å². The van der Waals surface area contributed by atoms with Crippen LogP contribution in [0.3, 0.4) is 0 Å². The highest BCUT2D eigenvalue weighted by molar-refractivity contribution is 5.96. The number of aliphatic hydroxyl groups is 1. The van der Waals surface area contributed by atoms with Crippen molar-refractivity contribution in [3.05, 3.63) is 12.7 Å². The van der Waals surface area contributed by atoms with E-state index < -0.39 is 5.60 Å². The lowest BCUT2D eigenvalue weighted by Gasteiger charge is -2.44. The Bertz CT molecular complexity index is 233. The van der Waals surface area contributed by atoms with Crippen LogP contribution in [0, 0.1) is 5.41 Å². The fraction of sp³-hybridized carbons (Fsp3) is 0.727. The van der Waals surface area contributed by atoms with Crippen LogP contribution in [-0.2, 0) is 9.53 Å². The van der Waals surface area contributed by atoms with Gasteiger partial charge >= 0.3 is 0 Å². The van der Waals surface area contributed by atoms with Crippen molar-refractivity contribution < 1.29 is 14.6 Å². The molecular weight excluding hydrogens is 180 g/mol. The van der Waals surface area contributed by atoms with E-state index in [0.29, 0.717) is 19.6 Å². The number of hydrogen-bond donors (Lipinski definition) is 1. The van der Waals surface area contributed by atoms with E-state index in [1.807, 2.05) is 0 Å². The Balaban J connectivity index is 2.65. The van der Waals surface area contributed by atoms with Gasteiger partial charge in [0.1, 0.15) is 5.60 Å². The quantitative estimate of drug-likeness (QED) is 0.677. The van der Waals surface area contributed by atoms with Gasteiger partial charge in [0.15, 0.2) is 5.78 Å². The van der Waals surface area contributed by atoms with E-state index in [2.05, 4.69) is 13.5 Å². The molecule has 1 atom stereocenters. The fourth-order valence-corrected chi connectivity index (χ4v) is 1.86. The molecule has 3 nitrogen and oxygen atoms in total. The van der Waals surface area contributed by atoms with Gasteiger partial charge < -0.3 is 9.84 Å². The molecule has 1 saturated heterocycles. The molecule has 1 rings (SSSR count). The van der Waals surface area contributed by atoms with Gasteiger partial charge in [0, 0.05) is 5.41 Å². The zero-order valence-corrected chi connectivity index (χ0v) is 8.88. The number of rotatable bonds is 5. The molecule has 0 saturated carbocycles. The summed E-state index contributed by atoms with van der Waals surface area (Å²) in [4.78, 5) is 11.4. The van der Waals surface area contributed by atoms with Crippen LogP contribution in [0.1, 0.15) is 26.7 Å². The summed E-state index contributed by atoms with van der Waals surface area (Å²) < 4.78 is 5.14. The summed E-state index contributed by atoms with van der Waals surface area (Å²) in [6, 6.07) is 0. The topological polar surface area (TPSA) is 46.5 Å². The van der Waals surface area contributed by atoms with Crippen molar-refractivity contribution in [2.24, 2.45) is 5.41 Å². The molecule has 1 heterocycles. The lowest BCUT2D eigenvalue weighted by molar-refractivity contribution is -0.160. The smallest absolute Gasteiger partial charge is 0.186 e. The van der Waals surface area contributed by atoms with Crippen molar-refractivity contribution in [3.8, 4) is 0 Å². The van der Waals surface area contributed by atoms with Gasteiger partial charge in [0.25, 0.3) is 0 Å². The van der Waals surface area contributed by atoms with Crippen LogP contribution in [0.4, 0.5) is 0 Å². The zero-order chi connectivity index (χ0) is 10.8. The minimum Gasteiger partial charge on any atom is -0.382 e. The molecular formula is C11H18O3. The number of hydrogen-bond acceptors (Lipinski definition) is 3. The minimum atomic E-state index is -1.29. The third kappa shape index (κ3) is 2.04. The normalized spacial score (nSPS) is 23.4. The van der Waals surface area contributed by atoms with Crippen molar-refractivity contribution >= 4 is 5.78 Å². The van der Waals surface area contributed by atoms with Crippen LogP contribution in [-0.4, -0.2) is 29.7 Å². The van der Waals surface area contributed by atoms with E-state index in [-0.39, 0.29) is 11.2 Å². The molecule has 0 aromatic rings. The highest BCUT2D eigenvalue weighted by atomic mass is 16.5. The number of ether oxygens (including phenoxy) is 1. The first-order valence-corrected chi connectivity index (χ1v) is 4.93. The molecule has 1 fully saturated rings. The van der Waals surface area contributed by atoms with Crippen LogP contribution >= 0.6 is 0 Å². The minimum absolute atomic E-state index is 0.0117. The molecule has 0 amide bonds. The Morgan fingerprint density at radius 2 is 2.29 bits per heavy atom. The summed E-state index contributed by atoms with van der Waals surface area (Å²) in [5.74, 6) is -0.308. The van der Waals surface area contributed by atoms with Gasteiger partial charge in [0.05, 0.1) is 13.2 Å². The second kappa shape index (κ2) is 3.83. The second-order valence-electron chi connectivity index (χ2n) is 4.37. The molecule has 80 valence electrons. The van der Waals surface area contributed by atoms with Crippen LogP contribution < -0.4 is 0 Å². The molecule has 1 aliphatic heterocycles. The van der Waals surface area contributed by atoms with E-state index in [4.69, 9.17) is 4.74 Å². The Kier molecular flexibility index (Phi) is 3.12. The van der Waals surface area contributed by atoms with Gasteiger partial charge in [-0.15, -0.1) is 0 Å². The average Bonchev–Trinajstić information content (AvgIpc) is 2.10. The van der Waals surface area contributed by atoms with E-state index in [1.165, 1.54) is 6.08 Å². The first-order chi connectivity index (χ1) is 6.46. The maximum atomic E-state index is 11.4. The highest BCUT2D eigenvalue weighted by Crippen LogP contribution is 2.39. The molecule has 0 aromatic carbocycles. The Morgan fingerprint density at radius 1 is 1.71 bits per heavy atom. The molecule has 0 radical (unpaired) electrons. The first-order valence-electron chi connectivity index (χ1n) is 4.93. The van der Waals surface area contributed by atoms with E-state index >= 15 is 0 Å². The second-order valence-corrected chi connectivity index (χ2v) is 4.37. The van der Waals surface area contributed by atoms with Crippen molar-refractivity contribution in [2.75, 3.05) is 13.2 Å². The van der Waals surface area contributed by atoms with E-state index in [9.17, 15) is 9.90 Å². The number of carbonyl (C=O) groups excluding carboxylic acids is 1. The maximum absolute atomic E-state index is 11.4. The monoisotopic (exact) mass is 198 g/mol. The molecule has 1 N–H and O–H groups in total. The third-order valence-electron chi connectivity index (χ3n) is 3.00. The predicted octanol–water partition coefficient (Wildman–Crippen LogP) is 1.31. The summed E-state index contributed by atoms with van der Waals surface area (Å²) in [6.45, 7) is 8.27. The zero-order valence-electron chi connectivity index (χ0n) is 8.88. The molecule has 0 aliphatic carbocycles. The molecule has 1 unspecified atom stereocenters. The van der Waals surface area contributed by atoms with Crippen molar-refractivity contribution in [2.45, 2.75) is 32.3 Å². The SMILES string of the molecule is C=CC(=O)C(C)(O)CC1(CC)COC1. The predicted molar refractivity (Wildman–Crippen MR) is 54.0 cm³/mol. The van der Waals surface area contributed by atoms with Gasteiger partial charge in [-0.3, -0.25) is 4.79 Å². The third-order valence-corrected chi connectivity index (χ3v) is 3.00. The van der Waals surface area contributed by atoms with Gasteiger partial charge in [-0.05, 0) is 25.8 Å². The Morgan fingerprint density at radius 3 is 2.57 bits per heavy atom. The lowest BCUT2D eigenvalue weighted by Crippen LogP contribution is -2.49. The highest BCUT2D eigenvalue weighted by Gasteiger charge is 2.44. The van der Waals surface area contributed by atoms with Crippen LogP contribution in [0.2, 0.25) is 0 Å². The van der Waals surface area contributed by atoms with Gasteiger partial charge in [-0.2, -0.15) is 0 Å². The van der Waals surface area contributed by atoms with Crippen molar-refractivity contribution in [1.82, 2.24) is 0 Å². The van der Waals surface area contributed by atoms with E-state index in [1.54, 1.807) is 6.92 Å². The molecule has 0 bridgehead atoms. The molecule has 3 heteroatoms. The summed E-state index contributed by atoms with van der Waals surface area (Å²) in [5.41, 5.74) is -1.30. The largest absolute Gasteiger partial charge is 0.382 e. The lowest BCUT2D eigenvalue weighted by atomic mass is 9.73. The molecule has 1 aliphatic rings.